The van der Waals surface area contributed by atoms with Gasteiger partial charge in [-0.1, -0.05) is 36.4 Å². The SMILES string of the molecule is O=[N+]([O-])c1cccnc1-c1cnc2c(n1)c1ccccc1n2-c1ccccc1. The molecule has 3 heterocycles. The predicted molar refractivity (Wildman–Crippen MR) is 106 cm³/mol. The lowest BCUT2D eigenvalue weighted by Crippen LogP contribution is -1.98. The topological polar surface area (TPSA) is 86.7 Å². The Morgan fingerprint density at radius 3 is 2.50 bits per heavy atom. The number of pyridine rings is 1. The number of hydrogen-bond donors (Lipinski definition) is 0. The summed E-state index contributed by atoms with van der Waals surface area (Å²) in [5.74, 6) is 0. The Labute approximate surface area is 159 Å². The lowest BCUT2D eigenvalue weighted by Gasteiger charge is -2.06. The molecule has 0 aliphatic heterocycles. The number of nitrogens with zero attached hydrogens (tertiary/aromatic N) is 5. The van der Waals surface area contributed by atoms with Crippen LogP contribution in [0.4, 0.5) is 5.69 Å². The third kappa shape index (κ3) is 2.41. The van der Waals surface area contributed by atoms with Crippen LogP contribution in [0.3, 0.4) is 0 Å². The van der Waals surface area contributed by atoms with Gasteiger partial charge in [0.2, 0.25) is 0 Å². The summed E-state index contributed by atoms with van der Waals surface area (Å²) in [6.07, 6.45) is 3.05. The third-order valence-electron chi connectivity index (χ3n) is 4.61. The van der Waals surface area contributed by atoms with Crippen molar-refractivity contribution in [1.82, 2.24) is 19.5 Å². The zero-order valence-corrected chi connectivity index (χ0v) is 14.6. The third-order valence-corrected chi connectivity index (χ3v) is 4.61. The molecule has 3 aromatic heterocycles. The van der Waals surface area contributed by atoms with Crippen molar-refractivity contribution in [2.24, 2.45) is 0 Å². The van der Waals surface area contributed by atoms with Gasteiger partial charge in [0.05, 0.1) is 16.6 Å². The maximum Gasteiger partial charge on any atom is 0.297 e. The Bertz CT molecular complexity index is 1350. The fourth-order valence-electron chi connectivity index (χ4n) is 3.40. The lowest BCUT2D eigenvalue weighted by molar-refractivity contribution is -0.384. The van der Waals surface area contributed by atoms with Gasteiger partial charge in [-0.05, 0) is 24.3 Å². The van der Waals surface area contributed by atoms with Gasteiger partial charge in [0.15, 0.2) is 11.3 Å². The Kier molecular flexibility index (Phi) is 3.58. The van der Waals surface area contributed by atoms with Crippen LogP contribution in [-0.4, -0.2) is 24.4 Å². The molecule has 7 nitrogen and oxygen atoms in total. The average Bonchev–Trinajstić information content (AvgIpc) is 3.08. The Hall–Kier alpha value is -4.13. The fraction of sp³-hybridized carbons (Fsp3) is 0. The zero-order chi connectivity index (χ0) is 19.1. The van der Waals surface area contributed by atoms with Gasteiger partial charge >= 0.3 is 0 Å². The van der Waals surface area contributed by atoms with Crippen molar-refractivity contribution in [3.05, 3.63) is 89.2 Å². The van der Waals surface area contributed by atoms with Crippen molar-refractivity contribution in [2.75, 3.05) is 0 Å². The van der Waals surface area contributed by atoms with Crippen LogP contribution in [0.1, 0.15) is 0 Å². The Balaban J connectivity index is 1.83. The summed E-state index contributed by atoms with van der Waals surface area (Å²) in [6, 6.07) is 20.7. The van der Waals surface area contributed by atoms with E-state index in [9.17, 15) is 10.1 Å². The van der Waals surface area contributed by atoms with E-state index in [-0.39, 0.29) is 11.4 Å². The first-order valence-corrected chi connectivity index (χ1v) is 8.65. The quantitative estimate of drug-likeness (QED) is 0.345. The summed E-state index contributed by atoms with van der Waals surface area (Å²) in [7, 11) is 0. The normalized spacial score (nSPS) is 11.1. The summed E-state index contributed by atoms with van der Waals surface area (Å²) in [5.41, 5.74) is 3.79. The smallest absolute Gasteiger partial charge is 0.293 e. The molecule has 0 saturated carbocycles. The summed E-state index contributed by atoms with van der Waals surface area (Å²) in [5, 5.41) is 12.3. The molecule has 0 aliphatic rings. The second-order valence-electron chi connectivity index (χ2n) is 6.24. The van der Waals surface area contributed by atoms with Crippen LogP contribution in [0.25, 0.3) is 39.1 Å². The molecule has 2 aromatic carbocycles. The van der Waals surface area contributed by atoms with Crippen molar-refractivity contribution in [2.45, 2.75) is 0 Å². The highest BCUT2D eigenvalue weighted by Crippen LogP contribution is 2.32. The Morgan fingerprint density at radius 2 is 1.68 bits per heavy atom. The molecule has 134 valence electrons. The van der Waals surface area contributed by atoms with Crippen LogP contribution < -0.4 is 0 Å². The van der Waals surface area contributed by atoms with Crippen LogP contribution in [0, 0.1) is 10.1 Å². The first-order chi connectivity index (χ1) is 13.7. The highest BCUT2D eigenvalue weighted by molar-refractivity contribution is 6.06. The number of aromatic nitrogens is 4. The van der Waals surface area contributed by atoms with Crippen molar-refractivity contribution < 1.29 is 4.92 Å². The van der Waals surface area contributed by atoms with Gasteiger partial charge in [-0.25, -0.2) is 15.0 Å². The van der Waals surface area contributed by atoms with E-state index >= 15 is 0 Å². The van der Waals surface area contributed by atoms with Gasteiger partial charge in [-0.15, -0.1) is 0 Å². The molecule has 0 aliphatic carbocycles. The number of para-hydroxylation sites is 2. The zero-order valence-electron chi connectivity index (χ0n) is 14.6. The number of fused-ring (bicyclic) bond motifs is 3. The van der Waals surface area contributed by atoms with E-state index in [0.717, 1.165) is 16.6 Å². The van der Waals surface area contributed by atoms with E-state index < -0.39 is 4.92 Å². The number of nitro groups is 1. The first kappa shape index (κ1) is 16.1. The highest BCUT2D eigenvalue weighted by Gasteiger charge is 2.20. The summed E-state index contributed by atoms with van der Waals surface area (Å²) in [4.78, 5) is 24.4. The first-order valence-electron chi connectivity index (χ1n) is 8.65. The maximum atomic E-state index is 11.4. The van der Waals surface area contributed by atoms with Crippen LogP contribution in [0.5, 0.6) is 0 Å². The van der Waals surface area contributed by atoms with Gasteiger partial charge in [0.25, 0.3) is 5.69 Å². The molecule has 0 spiro atoms. The molecule has 0 bridgehead atoms. The predicted octanol–water partition coefficient (Wildman–Crippen LogP) is 4.54. The molecule has 0 fully saturated rings. The summed E-state index contributed by atoms with van der Waals surface area (Å²) < 4.78 is 2.04. The monoisotopic (exact) mass is 367 g/mol. The van der Waals surface area contributed by atoms with Gasteiger partial charge in [0, 0.05) is 23.3 Å². The van der Waals surface area contributed by atoms with Crippen LogP contribution >= 0.6 is 0 Å². The summed E-state index contributed by atoms with van der Waals surface area (Å²) >= 11 is 0. The molecule has 0 saturated heterocycles. The maximum absolute atomic E-state index is 11.4. The van der Waals surface area contributed by atoms with Crippen LogP contribution in [0.15, 0.2) is 79.1 Å². The second-order valence-corrected chi connectivity index (χ2v) is 6.24. The molecule has 28 heavy (non-hydrogen) atoms. The van der Waals surface area contributed by atoms with E-state index in [2.05, 4.69) is 9.97 Å². The molecule has 0 radical (unpaired) electrons. The minimum atomic E-state index is -0.457. The fourth-order valence-corrected chi connectivity index (χ4v) is 3.40. The molecular weight excluding hydrogens is 354 g/mol. The van der Waals surface area contributed by atoms with Gasteiger partial charge in [0.1, 0.15) is 11.2 Å². The van der Waals surface area contributed by atoms with Crippen molar-refractivity contribution in [3.63, 3.8) is 0 Å². The minimum absolute atomic E-state index is 0.0945. The average molecular weight is 367 g/mol. The van der Waals surface area contributed by atoms with Crippen LogP contribution in [0.2, 0.25) is 0 Å². The Morgan fingerprint density at radius 1 is 0.893 bits per heavy atom. The minimum Gasteiger partial charge on any atom is -0.293 e. The number of rotatable bonds is 3. The van der Waals surface area contributed by atoms with Crippen LogP contribution in [-0.2, 0) is 0 Å². The van der Waals surface area contributed by atoms with Gasteiger partial charge < -0.3 is 0 Å². The summed E-state index contributed by atoms with van der Waals surface area (Å²) in [6.45, 7) is 0. The lowest BCUT2D eigenvalue weighted by atomic mass is 10.2. The van der Waals surface area contributed by atoms with Crippen molar-refractivity contribution in [3.8, 4) is 17.1 Å². The van der Waals surface area contributed by atoms with Crippen molar-refractivity contribution in [1.29, 1.82) is 0 Å². The van der Waals surface area contributed by atoms with Gasteiger partial charge in [-0.3, -0.25) is 14.7 Å². The highest BCUT2D eigenvalue weighted by atomic mass is 16.6. The largest absolute Gasteiger partial charge is 0.297 e. The molecule has 5 rings (SSSR count). The molecule has 0 amide bonds. The standard InChI is InChI=1S/C21H13N5O2/c27-26(28)18-11-6-12-22-20(18)16-13-23-21-19(24-16)15-9-4-5-10-17(15)25(21)14-7-2-1-3-8-14/h1-13H. The second kappa shape index (κ2) is 6.24. The molecular formula is C21H13N5O2. The molecule has 0 atom stereocenters. The molecule has 0 N–H and O–H groups in total. The number of benzene rings is 2. The van der Waals surface area contributed by atoms with Crippen molar-refractivity contribution >= 4 is 27.8 Å². The van der Waals surface area contributed by atoms with E-state index in [4.69, 9.17) is 4.98 Å². The van der Waals surface area contributed by atoms with E-state index in [0.29, 0.717) is 16.9 Å². The molecule has 7 heteroatoms. The van der Waals surface area contributed by atoms with E-state index in [1.807, 2.05) is 59.2 Å². The molecule has 0 unspecified atom stereocenters. The van der Waals surface area contributed by atoms with E-state index in [1.54, 1.807) is 0 Å². The molecule has 5 aromatic rings. The number of hydrogen-bond acceptors (Lipinski definition) is 5. The van der Waals surface area contributed by atoms with Gasteiger partial charge in [-0.2, -0.15) is 0 Å². The van der Waals surface area contributed by atoms with E-state index in [1.165, 1.54) is 24.5 Å².